The Bertz CT molecular complexity index is 331. The summed E-state index contributed by atoms with van der Waals surface area (Å²) in [6.45, 7) is 1.69. The van der Waals surface area contributed by atoms with Crippen molar-refractivity contribution in [1.82, 2.24) is 0 Å². The van der Waals surface area contributed by atoms with Gasteiger partial charge in [-0.3, -0.25) is 0 Å². The van der Waals surface area contributed by atoms with E-state index in [0.717, 1.165) is 0 Å². The first kappa shape index (κ1) is 10.7. The maximum absolute atomic E-state index is 12.6. The van der Waals surface area contributed by atoms with Crippen LogP contribution in [-0.2, 0) is 11.2 Å². The highest BCUT2D eigenvalue weighted by Gasteiger charge is 2.38. The summed E-state index contributed by atoms with van der Waals surface area (Å²) >= 11 is 0. The maximum atomic E-state index is 12.6. The molecule has 0 spiro atoms. The van der Waals surface area contributed by atoms with Crippen molar-refractivity contribution >= 4 is 5.97 Å². The fourth-order valence-electron chi connectivity index (χ4n) is 1.01. The van der Waals surface area contributed by atoms with Crippen LogP contribution in [-0.4, -0.2) is 17.0 Å². The molecular formula is C9H10F2O3. The van der Waals surface area contributed by atoms with E-state index in [2.05, 4.69) is 0 Å². The lowest BCUT2D eigenvalue weighted by Crippen LogP contribution is -2.28. The maximum Gasteiger partial charge on any atom is 0.374 e. The molecular weight excluding hydrogens is 194 g/mol. The molecule has 1 N–H and O–H groups in total. The van der Waals surface area contributed by atoms with Gasteiger partial charge in [0.1, 0.15) is 11.5 Å². The third-order valence-electron chi connectivity index (χ3n) is 1.79. The van der Waals surface area contributed by atoms with Crippen LogP contribution >= 0.6 is 0 Å². The summed E-state index contributed by atoms with van der Waals surface area (Å²) in [5, 5.41) is 8.14. The molecule has 5 heteroatoms. The summed E-state index contributed by atoms with van der Waals surface area (Å²) in [7, 11) is 0. The van der Waals surface area contributed by atoms with Gasteiger partial charge in [-0.25, -0.2) is 4.79 Å². The average Bonchev–Trinajstić information content (AvgIpc) is 2.48. The Morgan fingerprint density at radius 3 is 2.64 bits per heavy atom. The lowest BCUT2D eigenvalue weighted by atomic mass is 10.1. The fourth-order valence-corrected chi connectivity index (χ4v) is 1.01. The first-order valence-electron chi connectivity index (χ1n) is 4.08. The van der Waals surface area contributed by atoms with Crippen molar-refractivity contribution in [2.24, 2.45) is 0 Å². The monoisotopic (exact) mass is 204 g/mol. The lowest BCUT2D eigenvalue weighted by molar-refractivity contribution is -0.165. The minimum absolute atomic E-state index is 0.0762. The molecule has 0 saturated carbocycles. The average molecular weight is 204 g/mol. The molecule has 0 unspecified atom stereocenters. The van der Waals surface area contributed by atoms with Crippen molar-refractivity contribution in [2.75, 3.05) is 0 Å². The molecule has 1 heterocycles. The van der Waals surface area contributed by atoms with E-state index < -0.39 is 18.3 Å². The third-order valence-corrected chi connectivity index (χ3v) is 1.79. The van der Waals surface area contributed by atoms with Crippen molar-refractivity contribution in [3.05, 3.63) is 23.7 Å². The topological polar surface area (TPSA) is 50.4 Å². The van der Waals surface area contributed by atoms with E-state index in [9.17, 15) is 13.6 Å². The number of hydrogen-bond acceptors (Lipinski definition) is 2. The van der Waals surface area contributed by atoms with Crippen molar-refractivity contribution in [2.45, 2.75) is 25.7 Å². The van der Waals surface area contributed by atoms with E-state index in [1.165, 1.54) is 0 Å². The van der Waals surface area contributed by atoms with Gasteiger partial charge in [-0.2, -0.15) is 8.78 Å². The Morgan fingerprint density at radius 1 is 1.57 bits per heavy atom. The molecule has 0 atom stereocenters. The van der Waals surface area contributed by atoms with Crippen LogP contribution < -0.4 is 0 Å². The quantitative estimate of drug-likeness (QED) is 0.818. The number of rotatable bonds is 4. The molecule has 0 radical (unpaired) electrons. The number of aliphatic carboxylic acids is 1. The van der Waals surface area contributed by atoms with E-state index in [4.69, 9.17) is 9.52 Å². The predicted molar refractivity (Wildman–Crippen MR) is 44.3 cm³/mol. The van der Waals surface area contributed by atoms with Crippen LogP contribution in [0.15, 0.2) is 16.5 Å². The van der Waals surface area contributed by atoms with Crippen molar-refractivity contribution < 1.29 is 23.1 Å². The number of aryl methyl sites for hydroxylation is 2. The van der Waals surface area contributed by atoms with Crippen LogP contribution in [0.5, 0.6) is 0 Å². The minimum Gasteiger partial charge on any atom is -0.477 e. The highest BCUT2D eigenvalue weighted by Crippen LogP contribution is 2.21. The first-order valence-corrected chi connectivity index (χ1v) is 4.08. The molecule has 0 aliphatic carbocycles. The first-order chi connectivity index (χ1) is 6.42. The van der Waals surface area contributed by atoms with E-state index in [1.54, 1.807) is 19.1 Å². The van der Waals surface area contributed by atoms with E-state index in [-0.39, 0.29) is 6.42 Å². The highest BCUT2D eigenvalue weighted by molar-refractivity contribution is 5.75. The minimum atomic E-state index is -3.68. The largest absolute Gasteiger partial charge is 0.477 e. The Kier molecular flexibility index (Phi) is 2.88. The summed E-state index contributed by atoms with van der Waals surface area (Å²) in [6, 6.07) is 3.21. The molecule has 3 nitrogen and oxygen atoms in total. The molecule has 0 fully saturated rings. The van der Waals surface area contributed by atoms with Gasteiger partial charge in [0, 0.05) is 12.8 Å². The van der Waals surface area contributed by atoms with Gasteiger partial charge in [-0.05, 0) is 19.1 Å². The normalized spacial score (nSPS) is 11.6. The number of furan rings is 1. The molecule has 0 saturated heterocycles. The number of carboxylic acids is 1. The van der Waals surface area contributed by atoms with Crippen LogP contribution in [0.3, 0.4) is 0 Å². The zero-order valence-electron chi connectivity index (χ0n) is 7.59. The molecule has 0 aromatic carbocycles. The van der Waals surface area contributed by atoms with Crippen molar-refractivity contribution in [1.29, 1.82) is 0 Å². The Balaban J connectivity index is 2.52. The zero-order chi connectivity index (χ0) is 10.8. The van der Waals surface area contributed by atoms with Gasteiger partial charge < -0.3 is 9.52 Å². The Labute approximate surface area is 79.3 Å². The predicted octanol–water partition coefficient (Wildman–Crippen LogP) is 2.24. The summed E-state index contributed by atoms with van der Waals surface area (Å²) in [5.41, 5.74) is 0. The molecule has 14 heavy (non-hydrogen) atoms. The van der Waals surface area contributed by atoms with Crippen LogP contribution in [0.4, 0.5) is 8.78 Å². The summed E-state index contributed by atoms with van der Waals surface area (Å²) in [4.78, 5) is 10.1. The molecule has 1 aromatic heterocycles. The fraction of sp³-hybridized carbons (Fsp3) is 0.444. The Morgan fingerprint density at radius 2 is 2.21 bits per heavy atom. The summed E-state index contributed by atoms with van der Waals surface area (Å²) < 4.78 is 30.2. The molecule has 0 amide bonds. The molecule has 1 aromatic rings. The smallest absolute Gasteiger partial charge is 0.374 e. The number of carbonyl (C=O) groups is 1. The van der Waals surface area contributed by atoms with Crippen molar-refractivity contribution in [3.63, 3.8) is 0 Å². The zero-order valence-corrected chi connectivity index (χ0v) is 7.59. The number of alkyl halides is 2. The molecule has 78 valence electrons. The standard InChI is InChI=1S/C9H10F2O3/c1-6-2-3-7(14-6)4-5-9(10,11)8(12)13/h2-3H,4-5H2,1H3,(H,12,13). The second-order valence-electron chi connectivity index (χ2n) is 3.02. The molecule has 1 rings (SSSR count). The van der Waals surface area contributed by atoms with E-state index >= 15 is 0 Å². The molecule has 0 bridgehead atoms. The van der Waals surface area contributed by atoms with Gasteiger partial charge in [0.15, 0.2) is 0 Å². The Hall–Kier alpha value is -1.39. The summed E-state index contributed by atoms with van der Waals surface area (Å²) in [5.74, 6) is -4.77. The second kappa shape index (κ2) is 3.77. The second-order valence-corrected chi connectivity index (χ2v) is 3.02. The number of hydrogen-bond donors (Lipinski definition) is 1. The number of halogens is 2. The van der Waals surface area contributed by atoms with E-state index in [0.29, 0.717) is 11.5 Å². The van der Waals surface area contributed by atoms with Gasteiger partial charge in [-0.1, -0.05) is 0 Å². The van der Waals surface area contributed by atoms with Crippen LogP contribution in [0, 0.1) is 6.92 Å². The SMILES string of the molecule is Cc1ccc(CCC(F)(F)C(=O)O)o1. The van der Waals surface area contributed by atoms with Crippen LogP contribution in [0.25, 0.3) is 0 Å². The van der Waals surface area contributed by atoms with Gasteiger partial charge in [0.2, 0.25) is 0 Å². The van der Waals surface area contributed by atoms with Gasteiger partial charge in [0.05, 0.1) is 0 Å². The molecule has 0 aliphatic heterocycles. The van der Waals surface area contributed by atoms with Gasteiger partial charge in [0.25, 0.3) is 0 Å². The summed E-state index contributed by atoms with van der Waals surface area (Å²) in [6.07, 6.45) is -0.817. The highest BCUT2D eigenvalue weighted by atomic mass is 19.3. The number of carboxylic acid groups (broad SMARTS) is 1. The molecule has 0 aliphatic rings. The van der Waals surface area contributed by atoms with E-state index in [1.807, 2.05) is 0 Å². The van der Waals surface area contributed by atoms with Crippen LogP contribution in [0.2, 0.25) is 0 Å². The van der Waals surface area contributed by atoms with Crippen molar-refractivity contribution in [3.8, 4) is 0 Å². The van der Waals surface area contributed by atoms with Crippen LogP contribution in [0.1, 0.15) is 17.9 Å². The lowest BCUT2D eigenvalue weighted by Gasteiger charge is -2.08. The van der Waals surface area contributed by atoms with Gasteiger partial charge >= 0.3 is 11.9 Å². The third kappa shape index (κ3) is 2.55. The van der Waals surface area contributed by atoms with Gasteiger partial charge in [-0.15, -0.1) is 0 Å².